The van der Waals surface area contributed by atoms with Gasteiger partial charge >= 0.3 is 0 Å². The molecule has 0 fully saturated rings. The molecule has 5 nitrogen and oxygen atoms in total. The molecule has 0 radical (unpaired) electrons. The largest absolute Gasteiger partial charge is 0.385 e. The molecule has 1 aromatic rings. The van der Waals surface area contributed by atoms with Gasteiger partial charge in [-0.3, -0.25) is 9.59 Å². The Kier molecular flexibility index (Phi) is 7.39. The first-order valence-electron chi connectivity index (χ1n) is 6.73. The summed E-state index contributed by atoms with van der Waals surface area (Å²) in [6.45, 7) is 3.07. The fourth-order valence-electron chi connectivity index (χ4n) is 1.86. The Morgan fingerprint density at radius 1 is 1.38 bits per heavy atom. The molecule has 21 heavy (non-hydrogen) atoms. The Morgan fingerprint density at radius 3 is 2.71 bits per heavy atom. The summed E-state index contributed by atoms with van der Waals surface area (Å²) in [6.07, 6.45) is 0.756. The van der Waals surface area contributed by atoms with E-state index in [1.165, 1.54) is 4.90 Å². The molecule has 0 aliphatic carbocycles. The van der Waals surface area contributed by atoms with Crippen LogP contribution >= 0.6 is 15.9 Å². The van der Waals surface area contributed by atoms with E-state index in [1.807, 2.05) is 19.1 Å². The number of rotatable bonds is 7. The molecule has 0 atom stereocenters. The van der Waals surface area contributed by atoms with Crippen LogP contribution in [0.25, 0.3) is 0 Å². The molecule has 0 spiro atoms. The van der Waals surface area contributed by atoms with Gasteiger partial charge in [0.05, 0.1) is 6.54 Å². The summed E-state index contributed by atoms with van der Waals surface area (Å²) in [5, 5.41) is 2.76. The number of hydrogen-bond donors (Lipinski definition) is 1. The Morgan fingerprint density at radius 2 is 2.10 bits per heavy atom. The van der Waals surface area contributed by atoms with Gasteiger partial charge in [0.25, 0.3) is 5.91 Å². The van der Waals surface area contributed by atoms with Crippen molar-refractivity contribution < 1.29 is 14.3 Å². The number of likely N-dealkylation sites (N-methyl/N-ethyl adjacent to an activating group) is 1. The minimum absolute atomic E-state index is 0.0430. The normalized spacial score (nSPS) is 10.3. The third-order valence-corrected chi connectivity index (χ3v) is 3.49. The van der Waals surface area contributed by atoms with Crippen molar-refractivity contribution in [2.45, 2.75) is 13.3 Å². The van der Waals surface area contributed by atoms with Crippen LogP contribution in [-0.4, -0.2) is 50.6 Å². The standard InChI is InChI=1S/C15H21BrN2O3/c1-11-9-12(16)5-6-13(11)15(20)18(2)10-14(19)17-7-4-8-21-3/h5-6,9H,4,7-8,10H2,1-3H3,(H,17,19). The Bertz CT molecular complexity index is 506. The summed E-state index contributed by atoms with van der Waals surface area (Å²) in [7, 11) is 3.24. The highest BCUT2D eigenvalue weighted by atomic mass is 79.9. The van der Waals surface area contributed by atoms with Crippen molar-refractivity contribution in [3.8, 4) is 0 Å². The van der Waals surface area contributed by atoms with Gasteiger partial charge in [-0.2, -0.15) is 0 Å². The fourth-order valence-corrected chi connectivity index (χ4v) is 2.34. The van der Waals surface area contributed by atoms with Crippen LogP contribution in [0.2, 0.25) is 0 Å². The van der Waals surface area contributed by atoms with Crippen LogP contribution in [0.15, 0.2) is 22.7 Å². The lowest BCUT2D eigenvalue weighted by molar-refractivity contribution is -0.121. The molecule has 0 unspecified atom stereocenters. The number of nitrogens with one attached hydrogen (secondary N) is 1. The molecule has 0 aliphatic heterocycles. The van der Waals surface area contributed by atoms with Crippen LogP contribution in [-0.2, 0) is 9.53 Å². The van der Waals surface area contributed by atoms with E-state index in [1.54, 1.807) is 20.2 Å². The Balaban J connectivity index is 2.52. The first-order chi connectivity index (χ1) is 9.95. The SMILES string of the molecule is COCCCNC(=O)CN(C)C(=O)c1ccc(Br)cc1C. The predicted octanol–water partition coefficient (Wildman–Crippen LogP) is 1.98. The molecule has 116 valence electrons. The monoisotopic (exact) mass is 356 g/mol. The zero-order valence-corrected chi connectivity index (χ0v) is 14.2. The van der Waals surface area contributed by atoms with Gasteiger partial charge in [-0.05, 0) is 37.1 Å². The van der Waals surface area contributed by atoms with Crippen LogP contribution in [0.5, 0.6) is 0 Å². The number of methoxy groups -OCH3 is 1. The number of ether oxygens (including phenoxy) is 1. The maximum atomic E-state index is 12.3. The van der Waals surface area contributed by atoms with E-state index in [0.29, 0.717) is 18.7 Å². The summed E-state index contributed by atoms with van der Waals surface area (Å²) in [4.78, 5) is 25.5. The smallest absolute Gasteiger partial charge is 0.254 e. The predicted molar refractivity (Wildman–Crippen MR) is 85.3 cm³/mol. The molecule has 0 heterocycles. The van der Waals surface area contributed by atoms with Crippen molar-refractivity contribution in [1.82, 2.24) is 10.2 Å². The second-order valence-electron chi connectivity index (χ2n) is 4.82. The number of carbonyl (C=O) groups is 2. The number of halogens is 1. The van der Waals surface area contributed by atoms with Gasteiger partial charge in [0.1, 0.15) is 0 Å². The van der Waals surface area contributed by atoms with Crippen molar-refractivity contribution >= 4 is 27.7 Å². The van der Waals surface area contributed by atoms with Crippen LogP contribution in [0.1, 0.15) is 22.3 Å². The van der Waals surface area contributed by atoms with E-state index in [-0.39, 0.29) is 18.4 Å². The maximum absolute atomic E-state index is 12.3. The van der Waals surface area contributed by atoms with Gasteiger partial charge in [-0.15, -0.1) is 0 Å². The van der Waals surface area contributed by atoms with Gasteiger partial charge in [0.2, 0.25) is 5.91 Å². The number of carbonyl (C=O) groups excluding carboxylic acids is 2. The molecule has 0 aromatic heterocycles. The first kappa shape index (κ1) is 17.7. The molecule has 0 saturated heterocycles. The lowest BCUT2D eigenvalue weighted by atomic mass is 10.1. The summed E-state index contributed by atoms with van der Waals surface area (Å²) >= 11 is 3.36. The minimum atomic E-state index is -0.170. The summed E-state index contributed by atoms with van der Waals surface area (Å²) in [6, 6.07) is 5.46. The van der Waals surface area contributed by atoms with Crippen molar-refractivity contribution in [3.05, 3.63) is 33.8 Å². The van der Waals surface area contributed by atoms with Gasteiger partial charge in [0.15, 0.2) is 0 Å². The quantitative estimate of drug-likeness (QED) is 0.760. The average Bonchev–Trinajstić information content (AvgIpc) is 2.43. The highest BCUT2D eigenvalue weighted by Gasteiger charge is 2.16. The van der Waals surface area contributed by atoms with Crippen LogP contribution < -0.4 is 5.32 Å². The second-order valence-corrected chi connectivity index (χ2v) is 5.73. The minimum Gasteiger partial charge on any atom is -0.385 e. The highest BCUT2D eigenvalue weighted by molar-refractivity contribution is 9.10. The Hall–Kier alpha value is -1.40. The highest BCUT2D eigenvalue weighted by Crippen LogP contribution is 2.17. The van der Waals surface area contributed by atoms with E-state index in [0.717, 1.165) is 16.5 Å². The number of benzene rings is 1. The molecular formula is C15H21BrN2O3. The maximum Gasteiger partial charge on any atom is 0.254 e. The van der Waals surface area contributed by atoms with Crippen LogP contribution in [0.4, 0.5) is 0 Å². The van der Waals surface area contributed by atoms with Gasteiger partial charge < -0.3 is 15.0 Å². The molecule has 6 heteroatoms. The molecule has 0 saturated carbocycles. The molecule has 0 aliphatic rings. The van der Waals surface area contributed by atoms with E-state index in [9.17, 15) is 9.59 Å². The molecule has 1 rings (SSSR count). The van der Waals surface area contributed by atoms with Crippen LogP contribution in [0, 0.1) is 6.92 Å². The van der Waals surface area contributed by atoms with E-state index >= 15 is 0 Å². The lowest BCUT2D eigenvalue weighted by Crippen LogP contribution is -2.39. The zero-order chi connectivity index (χ0) is 15.8. The molecule has 2 amide bonds. The summed E-state index contributed by atoms with van der Waals surface area (Å²) in [5.74, 6) is -0.330. The molecule has 1 N–H and O–H groups in total. The summed E-state index contributed by atoms with van der Waals surface area (Å²) < 4.78 is 5.83. The molecule has 0 bridgehead atoms. The van der Waals surface area contributed by atoms with Gasteiger partial charge in [-0.1, -0.05) is 15.9 Å². The Labute approximate surface area is 133 Å². The molecular weight excluding hydrogens is 336 g/mol. The third-order valence-electron chi connectivity index (χ3n) is 2.99. The second kappa shape index (κ2) is 8.79. The number of hydrogen-bond acceptors (Lipinski definition) is 3. The van der Waals surface area contributed by atoms with E-state index in [2.05, 4.69) is 21.2 Å². The van der Waals surface area contributed by atoms with Gasteiger partial charge in [0, 0.05) is 37.3 Å². The number of aryl methyl sites for hydroxylation is 1. The van der Waals surface area contributed by atoms with Crippen molar-refractivity contribution in [2.24, 2.45) is 0 Å². The first-order valence-corrected chi connectivity index (χ1v) is 7.52. The third kappa shape index (κ3) is 5.85. The van der Waals surface area contributed by atoms with E-state index in [4.69, 9.17) is 4.74 Å². The van der Waals surface area contributed by atoms with E-state index < -0.39 is 0 Å². The van der Waals surface area contributed by atoms with Gasteiger partial charge in [-0.25, -0.2) is 0 Å². The zero-order valence-electron chi connectivity index (χ0n) is 12.6. The van der Waals surface area contributed by atoms with Crippen molar-refractivity contribution in [3.63, 3.8) is 0 Å². The van der Waals surface area contributed by atoms with Crippen molar-refractivity contribution in [1.29, 1.82) is 0 Å². The van der Waals surface area contributed by atoms with Crippen molar-refractivity contribution in [2.75, 3.05) is 33.9 Å². The molecule has 1 aromatic carbocycles. The number of nitrogens with zero attached hydrogens (tertiary/aromatic N) is 1. The topological polar surface area (TPSA) is 58.6 Å². The van der Waals surface area contributed by atoms with Crippen LogP contribution in [0.3, 0.4) is 0 Å². The summed E-state index contributed by atoms with van der Waals surface area (Å²) in [5.41, 5.74) is 1.48. The number of amides is 2. The fraction of sp³-hybridized carbons (Fsp3) is 0.467. The lowest BCUT2D eigenvalue weighted by Gasteiger charge is -2.18. The average molecular weight is 357 g/mol.